The van der Waals surface area contributed by atoms with E-state index in [9.17, 15) is 19.7 Å². The van der Waals surface area contributed by atoms with Crippen LogP contribution in [0.3, 0.4) is 0 Å². The lowest BCUT2D eigenvalue weighted by Crippen LogP contribution is -2.27. The van der Waals surface area contributed by atoms with Crippen LogP contribution in [-0.2, 0) is 9.53 Å². The van der Waals surface area contributed by atoms with Gasteiger partial charge in [-0.05, 0) is 6.92 Å². The molecule has 1 aromatic rings. The summed E-state index contributed by atoms with van der Waals surface area (Å²) in [5.41, 5.74) is -0.951. The Morgan fingerprint density at radius 2 is 2.35 bits per heavy atom. The third-order valence-corrected chi connectivity index (χ3v) is 2.17. The molecule has 0 aliphatic carbocycles. The van der Waals surface area contributed by atoms with Crippen molar-refractivity contribution in [2.24, 2.45) is 0 Å². The Hall–Kier alpha value is -2.25. The van der Waals surface area contributed by atoms with E-state index >= 15 is 0 Å². The maximum atomic E-state index is 11.4. The van der Waals surface area contributed by atoms with Crippen LogP contribution in [0.4, 0.5) is 5.69 Å². The normalized spacial score (nSPS) is 11.9. The second kappa shape index (κ2) is 5.19. The van der Waals surface area contributed by atoms with E-state index in [0.29, 0.717) is 0 Å². The third kappa shape index (κ3) is 3.10. The van der Waals surface area contributed by atoms with Gasteiger partial charge in [-0.2, -0.15) is 4.98 Å². The molecule has 0 fully saturated rings. The number of carbonyl (C=O) groups excluding carboxylic acids is 1. The Bertz CT molecular complexity index is 496. The first-order chi connectivity index (χ1) is 7.95. The van der Waals surface area contributed by atoms with Crippen LogP contribution in [0.25, 0.3) is 0 Å². The first-order valence-corrected chi connectivity index (χ1v) is 4.75. The smallest absolute Gasteiger partial charge is 0.348 e. The van der Waals surface area contributed by atoms with E-state index in [4.69, 9.17) is 0 Å². The molecule has 0 bridgehead atoms. The standard InChI is InChI=1S/C9H11N3O5/c1-6(3-8(13)17-2)11-5-7(12(15)16)4-10-9(11)14/h4-6H,3H2,1-2H3. The predicted octanol–water partition coefficient (Wildman–Crippen LogP) is 0.276. The van der Waals surface area contributed by atoms with E-state index in [1.54, 1.807) is 6.92 Å². The summed E-state index contributed by atoms with van der Waals surface area (Å²) in [6.45, 7) is 1.57. The Morgan fingerprint density at radius 1 is 1.71 bits per heavy atom. The minimum absolute atomic E-state index is 0.0563. The van der Waals surface area contributed by atoms with E-state index in [1.807, 2.05) is 0 Å². The second-order valence-corrected chi connectivity index (χ2v) is 3.39. The summed E-state index contributed by atoms with van der Waals surface area (Å²) < 4.78 is 5.49. The number of rotatable bonds is 4. The van der Waals surface area contributed by atoms with Gasteiger partial charge in [0.25, 0.3) is 0 Å². The fraction of sp³-hybridized carbons (Fsp3) is 0.444. The predicted molar refractivity (Wildman–Crippen MR) is 56.5 cm³/mol. The zero-order chi connectivity index (χ0) is 13.0. The Balaban J connectivity index is 3.03. The van der Waals surface area contributed by atoms with Gasteiger partial charge >= 0.3 is 17.3 Å². The maximum Gasteiger partial charge on any atom is 0.348 e. The minimum Gasteiger partial charge on any atom is -0.469 e. The number of esters is 1. The molecule has 1 atom stereocenters. The van der Waals surface area contributed by atoms with Gasteiger partial charge in [0.15, 0.2) is 0 Å². The van der Waals surface area contributed by atoms with Gasteiger partial charge in [-0.15, -0.1) is 0 Å². The molecule has 0 N–H and O–H groups in total. The second-order valence-electron chi connectivity index (χ2n) is 3.39. The van der Waals surface area contributed by atoms with Gasteiger partial charge < -0.3 is 4.74 Å². The van der Waals surface area contributed by atoms with Crippen molar-refractivity contribution in [1.82, 2.24) is 9.55 Å². The summed E-state index contributed by atoms with van der Waals surface area (Å²) in [5, 5.41) is 10.5. The molecule has 0 aliphatic rings. The fourth-order valence-electron chi connectivity index (χ4n) is 1.25. The molecule has 0 radical (unpaired) electrons. The molecule has 17 heavy (non-hydrogen) atoms. The van der Waals surface area contributed by atoms with Crippen LogP contribution in [0.1, 0.15) is 19.4 Å². The Kier molecular flexibility index (Phi) is 3.91. The molecule has 0 aromatic carbocycles. The average molecular weight is 241 g/mol. The van der Waals surface area contributed by atoms with Gasteiger partial charge in [0, 0.05) is 6.04 Å². The van der Waals surface area contributed by atoms with E-state index in [-0.39, 0.29) is 12.1 Å². The molecule has 92 valence electrons. The zero-order valence-electron chi connectivity index (χ0n) is 9.32. The molecular weight excluding hydrogens is 230 g/mol. The highest BCUT2D eigenvalue weighted by atomic mass is 16.6. The van der Waals surface area contributed by atoms with Crippen molar-refractivity contribution in [2.45, 2.75) is 19.4 Å². The van der Waals surface area contributed by atoms with Gasteiger partial charge in [0.05, 0.1) is 24.7 Å². The molecular formula is C9H11N3O5. The monoisotopic (exact) mass is 241 g/mol. The van der Waals surface area contributed by atoms with Crippen molar-refractivity contribution < 1.29 is 14.5 Å². The summed E-state index contributed by atoms with van der Waals surface area (Å²) >= 11 is 0. The van der Waals surface area contributed by atoms with Gasteiger partial charge in [-0.25, -0.2) is 4.79 Å². The van der Waals surface area contributed by atoms with Crippen LogP contribution in [0.2, 0.25) is 0 Å². The number of hydrogen-bond acceptors (Lipinski definition) is 6. The van der Waals surface area contributed by atoms with Gasteiger partial charge in [-0.1, -0.05) is 0 Å². The number of ether oxygens (including phenoxy) is 1. The highest BCUT2D eigenvalue weighted by Gasteiger charge is 2.16. The number of hydrogen-bond donors (Lipinski definition) is 0. The van der Waals surface area contributed by atoms with Crippen LogP contribution in [0, 0.1) is 10.1 Å². The molecule has 0 saturated carbocycles. The first kappa shape index (κ1) is 12.8. The zero-order valence-corrected chi connectivity index (χ0v) is 9.32. The Labute approximate surface area is 96.0 Å². The number of nitrogens with zero attached hydrogens (tertiary/aromatic N) is 3. The van der Waals surface area contributed by atoms with Crippen molar-refractivity contribution in [3.63, 3.8) is 0 Å². The van der Waals surface area contributed by atoms with Crippen LogP contribution >= 0.6 is 0 Å². The average Bonchev–Trinajstić information content (AvgIpc) is 2.28. The van der Waals surface area contributed by atoms with E-state index in [1.165, 1.54) is 7.11 Å². The molecule has 8 nitrogen and oxygen atoms in total. The summed E-state index contributed by atoms with van der Waals surface area (Å²) in [4.78, 5) is 35.6. The minimum atomic E-state index is -0.659. The van der Waals surface area contributed by atoms with Gasteiger partial charge in [0.1, 0.15) is 6.20 Å². The molecule has 8 heteroatoms. The number of methoxy groups -OCH3 is 1. The van der Waals surface area contributed by atoms with Crippen molar-refractivity contribution in [3.05, 3.63) is 33.0 Å². The number of aromatic nitrogens is 2. The van der Waals surface area contributed by atoms with Crippen molar-refractivity contribution in [3.8, 4) is 0 Å². The number of nitro groups is 1. The third-order valence-electron chi connectivity index (χ3n) is 2.17. The lowest BCUT2D eigenvalue weighted by molar-refractivity contribution is -0.385. The van der Waals surface area contributed by atoms with E-state index in [0.717, 1.165) is 17.0 Å². The summed E-state index contributed by atoms with van der Waals surface area (Å²) in [6.07, 6.45) is 1.88. The fourth-order valence-corrected chi connectivity index (χ4v) is 1.25. The molecule has 0 spiro atoms. The van der Waals surface area contributed by atoms with Crippen molar-refractivity contribution in [2.75, 3.05) is 7.11 Å². The molecule has 0 amide bonds. The van der Waals surface area contributed by atoms with Crippen LogP contribution in [0.5, 0.6) is 0 Å². The highest BCUT2D eigenvalue weighted by molar-refractivity contribution is 5.69. The van der Waals surface area contributed by atoms with Gasteiger partial charge in [-0.3, -0.25) is 19.5 Å². The summed E-state index contributed by atoms with van der Waals surface area (Å²) in [6, 6.07) is -0.553. The van der Waals surface area contributed by atoms with Gasteiger partial charge in [0.2, 0.25) is 0 Å². The first-order valence-electron chi connectivity index (χ1n) is 4.75. The quantitative estimate of drug-likeness (QED) is 0.426. The lowest BCUT2D eigenvalue weighted by Gasteiger charge is -2.12. The largest absolute Gasteiger partial charge is 0.469 e. The van der Waals surface area contributed by atoms with Crippen molar-refractivity contribution in [1.29, 1.82) is 0 Å². The topological polar surface area (TPSA) is 104 Å². The molecule has 1 rings (SSSR count). The summed E-state index contributed by atoms with van der Waals surface area (Å²) in [7, 11) is 1.23. The van der Waals surface area contributed by atoms with E-state index in [2.05, 4.69) is 9.72 Å². The summed E-state index contributed by atoms with van der Waals surface area (Å²) in [5.74, 6) is -0.504. The number of carbonyl (C=O) groups is 1. The molecule has 0 saturated heterocycles. The molecule has 1 unspecified atom stereocenters. The molecule has 1 aromatic heterocycles. The van der Waals surface area contributed by atoms with Crippen LogP contribution < -0.4 is 5.69 Å². The van der Waals surface area contributed by atoms with Crippen LogP contribution in [-0.4, -0.2) is 27.6 Å². The lowest BCUT2D eigenvalue weighted by atomic mass is 10.2. The Morgan fingerprint density at radius 3 is 2.88 bits per heavy atom. The van der Waals surface area contributed by atoms with E-state index < -0.39 is 22.6 Å². The molecule has 1 heterocycles. The SMILES string of the molecule is COC(=O)CC(C)n1cc([N+](=O)[O-])cnc1=O. The molecule has 0 aliphatic heterocycles. The van der Waals surface area contributed by atoms with Crippen molar-refractivity contribution >= 4 is 11.7 Å². The highest BCUT2D eigenvalue weighted by Crippen LogP contribution is 2.12. The maximum absolute atomic E-state index is 11.4. The van der Waals surface area contributed by atoms with Crippen LogP contribution in [0.15, 0.2) is 17.2 Å².